The molecule has 1 unspecified atom stereocenters. The Balaban J connectivity index is 2.39. The van der Waals surface area contributed by atoms with E-state index in [0.717, 1.165) is 6.42 Å². The van der Waals surface area contributed by atoms with Gasteiger partial charge < -0.3 is 3.07 Å². The van der Waals surface area contributed by atoms with Crippen LogP contribution in [0.25, 0.3) is 0 Å². The van der Waals surface area contributed by atoms with Crippen LogP contribution in [0.3, 0.4) is 0 Å². The number of aryl methyl sites for hydroxylation is 1. The summed E-state index contributed by atoms with van der Waals surface area (Å²) in [6.45, 7) is 0. The largest absolute Gasteiger partial charge is 0.308 e. The second-order valence-electron chi connectivity index (χ2n) is 2.82. The average Bonchev–Trinajstić information content (AvgIpc) is 2.47. The van der Waals surface area contributed by atoms with E-state index in [2.05, 4.69) is 24.3 Å². The van der Waals surface area contributed by atoms with Crippen molar-refractivity contribution in [3.8, 4) is 0 Å². The molecule has 2 rings (SSSR count). The van der Waals surface area contributed by atoms with Crippen LogP contribution in [0, 0.1) is 0 Å². The Hall–Kier alpha value is -0.0900. The van der Waals surface area contributed by atoms with Gasteiger partial charge in [-0.25, -0.2) is 0 Å². The zero-order valence-corrected chi connectivity index (χ0v) is 8.24. The number of benzene rings is 1. The van der Waals surface area contributed by atoms with Crippen molar-refractivity contribution in [3.05, 3.63) is 35.4 Å². The molecular formula is C9H9IO. The van der Waals surface area contributed by atoms with Gasteiger partial charge in [0.15, 0.2) is 0 Å². The Kier molecular flexibility index (Phi) is 2.13. The molecule has 0 N–H and O–H groups in total. The molecule has 0 heterocycles. The van der Waals surface area contributed by atoms with Gasteiger partial charge in [-0.1, -0.05) is 24.3 Å². The third-order valence-electron chi connectivity index (χ3n) is 2.19. The van der Waals surface area contributed by atoms with E-state index >= 15 is 0 Å². The Morgan fingerprint density at radius 3 is 3.00 bits per heavy atom. The van der Waals surface area contributed by atoms with Crippen molar-refractivity contribution in [2.75, 3.05) is 0 Å². The van der Waals surface area contributed by atoms with Gasteiger partial charge in [0.05, 0.1) is 6.10 Å². The molecule has 11 heavy (non-hydrogen) atoms. The molecule has 0 spiro atoms. The normalized spacial score (nSPS) is 21.7. The van der Waals surface area contributed by atoms with Crippen LogP contribution < -0.4 is 0 Å². The number of rotatable bonds is 1. The van der Waals surface area contributed by atoms with Crippen molar-refractivity contribution in [2.45, 2.75) is 18.9 Å². The maximum Gasteiger partial charge on any atom is 0.110 e. The molecule has 0 saturated carbocycles. The second kappa shape index (κ2) is 3.11. The lowest BCUT2D eigenvalue weighted by Crippen LogP contribution is -1.90. The maximum atomic E-state index is 5.31. The monoisotopic (exact) mass is 260 g/mol. The predicted octanol–water partition coefficient (Wildman–Crippen LogP) is 3.04. The fourth-order valence-corrected chi connectivity index (χ4v) is 2.14. The fraction of sp³-hybridized carbons (Fsp3) is 0.333. The van der Waals surface area contributed by atoms with Crippen LogP contribution in [0.15, 0.2) is 24.3 Å². The fourth-order valence-electron chi connectivity index (χ4n) is 1.61. The molecule has 0 bridgehead atoms. The summed E-state index contributed by atoms with van der Waals surface area (Å²) in [5, 5.41) is 0. The first kappa shape index (κ1) is 7.55. The van der Waals surface area contributed by atoms with E-state index in [1.54, 1.807) is 0 Å². The number of fused-ring (bicyclic) bond motifs is 1. The second-order valence-corrected chi connectivity index (χ2v) is 3.32. The van der Waals surface area contributed by atoms with Crippen LogP contribution in [0.4, 0.5) is 0 Å². The van der Waals surface area contributed by atoms with E-state index in [4.69, 9.17) is 3.07 Å². The summed E-state index contributed by atoms with van der Waals surface area (Å²) in [6, 6.07) is 8.51. The van der Waals surface area contributed by atoms with Crippen molar-refractivity contribution < 1.29 is 3.07 Å². The minimum Gasteiger partial charge on any atom is -0.308 e. The maximum absolute atomic E-state index is 5.31. The number of hydrogen-bond acceptors (Lipinski definition) is 1. The summed E-state index contributed by atoms with van der Waals surface area (Å²) >= 11 is 1.99. The van der Waals surface area contributed by atoms with Crippen molar-refractivity contribution >= 4 is 23.0 Å². The molecule has 0 radical (unpaired) electrons. The Morgan fingerprint density at radius 2 is 2.18 bits per heavy atom. The molecule has 0 fully saturated rings. The highest BCUT2D eigenvalue weighted by atomic mass is 127. The lowest BCUT2D eigenvalue weighted by Gasteiger charge is -2.05. The van der Waals surface area contributed by atoms with E-state index in [1.165, 1.54) is 17.5 Å². The molecule has 2 heteroatoms. The van der Waals surface area contributed by atoms with E-state index in [9.17, 15) is 0 Å². The number of halogens is 1. The molecule has 1 atom stereocenters. The summed E-state index contributed by atoms with van der Waals surface area (Å²) in [4.78, 5) is 0. The van der Waals surface area contributed by atoms with Gasteiger partial charge >= 0.3 is 0 Å². The lowest BCUT2D eigenvalue weighted by atomic mass is 10.1. The van der Waals surface area contributed by atoms with E-state index in [1.807, 2.05) is 23.0 Å². The number of hydrogen-bond donors (Lipinski definition) is 0. The zero-order chi connectivity index (χ0) is 7.68. The quantitative estimate of drug-likeness (QED) is 0.705. The summed E-state index contributed by atoms with van der Waals surface area (Å²) in [6.07, 6.45) is 2.65. The summed E-state index contributed by atoms with van der Waals surface area (Å²) in [5.74, 6) is 0. The van der Waals surface area contributed by atoms with Gasteiger partial charge in [0, 0.05) is 0 Å². The van der Waals surface area contributed by atoms with Crippen molar-refractivity contribution in [1.29, 1.82) is 0 Å². The molecule has 0 saturated heterocycles. The summed E-state index contributed by atoms with van der Waals surface area (Å²) in [5.41, 5.74) is 2.83. The smallest absolute Gasteiger partial charge is 0.110 e. The standard InChI is InChI=1S/C9H9IO/c10-11-9-6-5-7-3-1-2-4-8(7)9/h1-4,9H,5-6H2. The van der Waals surface area contributed by atoms with Crippen molar-refractivity contribution in [3.63, 3.8) is 0 Å². The third kappa shape index (κ3) is 1.29. The highest BCUT2D eigenvalue weighted by Gasteiger charge is 2.21. The van der Waals surface area contributed by atoms with Gasteiger partial charge in [0.2, 0.25) is 0 Å². The van der Waals surface area contributed by atoms with Crippen molar-refractivity contribution in [1.82, 2.24) is 0 Å². The van der Waals surface area contributed by atoms with Crippen LogP contribution in [-0.4, -0.2) is 0 Å². The van der Waals surface area contributed by atoms with Gasteiger partial charge in [0.1, 0.15) is 23.0 Å². The van der Waals surface area contributed by atoms with Gasteiger partial charge in [-0.15, -0.1) is 0 Å². The van der Waals surface area contributed by atoms with Gasteiger partial charge in [-0.2, -0.15) is 0 Å². The van der Waals surface area contributed by atoms with Crippen molar-refractivity contribution in [2.24, 2.45) is 0 Å². The Morgan fingerprint density at radius 1 is 1.36 bits per heavy atom. The van der Waals surface area contributed by atoms with E-state index < -0.39 is 0 Å². The SMILES string of the molecule is IOC1CCc2ccccc21. The first-order chi connectivity index (χ1) is 5.42. The van der Waals surface area contributed by atoms with E-state index in [0.29, 0.717) is 6.10 Å². The topological polar surface area (TPSA) is 9.23 Å². The lowest BCUT2D eigenvalue weighted by molar-refractivity contribution is 0.292. The molecule has 58 valence electrons. The minimum absolute atomic E-state index is 0.340. The summed E-state index contributed by atoms with van der Waals surface area (Å²) < 4.78 is 5.31. The molecular weight excluding hydrogens is 251 g/mol. The van der Waals surface area contributed by atoms with Crippen LogP contribution in [-0.2, 0) is 9.49 Å². The molecule has 0 amide bonds. The van der Waals surface area contributed by atoms with Gasteiger partial charge in [0.25, 0.3) is 0 Å². The highest BCUT2D eigenvalue weighted by molar-refractivity contribution is 14.1. The molecule has 0 aliphatic heterocycles. The highest BCUT2D eigenvalue weighted by Crippen LogP contribution is 2.34. The van der Waals surface area contributed by atoms with Crippen LogP contribution >= 0.6 is 23.0 Å². The van der Waals surface area contributed by atoms with Crippen LogP contribution in [0.1, 0.15) is 23.7 Å². The Labute approximate surface area is 80.4 Å². The zero-order valence-electron chi connectivity index (χ0n) is 6.09. The third-order valence-corrected chi connectivity index (χ3v) is 2.80. The van der Waals surface area contributed by atoms with E-state index in [-0.39, 0.29) is 0 Å². The first-order valence-corrected chi connectivity index (χ1v) is 4.65. The molecule has 1 nitrogen and oxygen atoms in total. The Bertz CT molecular complexity index is 259. The molecule has 1 aromatic rings. The molecule has 1 aliphatic carbocycles. The molecule has 1 aromatic carbocycles. The van der Waals surface area contributed by atoms with Gasteiger partial charge in [-0.05, 0) is 24.0 Å². The molecule has 0 aromatic heterocycles. The minimum atomic E-state index is 0.340. The average molecular weight is 260 g/mol. The van der Waals surface area contributed by atoms with Crippen LogP contribution in [0.5, 0.6) is 0 Å². The van der Waals surface area contributed by atoms with Crippen LogP contribution in [0.2, 0.25) is 0 Å². The summed E-state index contributed by atoms with van der Waals surface area (Å²) in [7, 11) is 0. The predicted molar refractivity (Wildman–Crippen MR) is 52.6 cm³/mol. The van der Waals surface area contributed by atoms with Gasteiger partial charge in [-0.3, -0.25) is 0 Å². The first-order valence-electron chi connectivity index (χ1n) is 3.77. The molecule has 1 aliphatic rings.